The maximum Gasteiger partial charge on any atom is 0.344 e. The van der Waals surface area contributed by atoms with Crippen LogP contribution in [0.3, 0.4) is 0 Å². The van der Waals surface area contributed by atoms with Crippen LogP contribution in [0.15, 0.2) is 51.7 Å². The van der Waals surface area contributed by atoms with E-state index in [2.05, 4.69) is 30.9 Å². The van der Waals surface area contributed by atoms with E-state index in [0.717, 1.165) is 40.9 Å². The SMILES string of the molecule is CCN(CC)c1ccc2c(C)c(-c3ccccc3C)c(=O)oc2c1. The van der Waals surface area contributed by atoms with Gasteiger partial charge in [0.25, 0.3) is 0 Å². The molecule has 0 N–H and O–H groups in total. The molecule has 0 saturated carbocycles. The number of anilines is 1. The molecule has 0 radical (unpaired) electrons. The van der Waals surface area contributed by atoms with Crippen molar-refractivity contribution in [3.8, 4) is 11.1 Å². The van der Waals surface area contributed by atoms with Crippen molar-refractivity contribution in [1.29, 1.82) is 0 Å². The molecule has 3 nitrogen and oxygen atoms in total. The lowest BCUT2D eigenvalue weighted by Gasteiger charge is -2.21. The van der Waals surface area contributed by atoms with Crippen LogP contribution in [0.5, 0.6) is 0 Å². The van der Waals surface area contributed by atoms with Gasteiger partial charge in [0.1, 0.15) is 5.58 Å². The number of hydrogen-bond donors (Lipinski definition) is 0. The van der Waals surface area contributed by atoms with Crippen LogP contribution in [-0.4, -0.2) is 13.1 Å². The number of hydrogen-bond acceptors (Lipinski definition) is 3. The highest BCUT2D eigenvalue weighted by Crippen LogP contribution is 2.30. The average molecular weight is 321 g/mol. The molecule has 0 amide bonds. The number of rotatable bonds is 4. The number of nitrogens with zero attached hydrogens (tertiary/aromatic N) is 1. The summed E-state index contributed by atoms with van der Waals surface area (Å²) in [4.78, 5) is 14.9. The molecule has 24 heavy (non-hydrogen) atoms. The fourth-order valence-electron chi connectivity index (χ4n) is 3.29. The van der Waals surface area contributed by atoms with E-state index in [1.807, 2.05) is 44.2 Å². The zero-order valence-corrected chi connectivity index (χ0v) is 14.7. The van der Waals surface area contributed by atoms with Crippen molar-refractivity contribution in [2.24, 2.45) is 0 Å². The van der Waals surface area contributed by atoms with Crippen molar-refractivity contribution in [2.75, 3.05) is 18.0 Å². The third-order valence-corrected chi connectivity index (χ3v) is 4.69. The predicted octanol–water partition coefficient (Wildman–Crippen LogP) is 4.92. The van der Waals surface area contributed by atoms with E-state index >= 15 is 0 Å². The van der Waals surface area contributed by atoms with Gasteiger partial charge in [-0.1, -0.05) is 24.3 Å². The highest BCUT2D eigenvalue weighted by atomic mass is 16.4. The van der Waals surface area contributed by atoms with E-state index in [-0.39, 0.29) is 5.63 Å². The van der Waals surface area contributed by atoms with E-state index < -0.39 is 0 Å². The Kier molecular flexibility index (Phi) is 4.43. The Balaban J connectivity index is 2.24. The minimum absolute atomic E-state index is 0.272. The highest BCUT2D eigenvalue weighted by molar-refractivity contribution is 5.89. The second kappa shape index (κ2) is 6.52. The summed E-state index contributed by atoms with van der Waals surface area (Å²) in [6.07, 6.45) is 0. The van der Waals surface area contributed by atoms with Gasteiger partial charge in [0, 0.05) is 30.2 Å². The van der Waals surface area contributed by atoms with Crippen LogP contribution in [0.4, 0.5) is 5.69 Å². The second-order valence-electron chi connectivity index (χ2n) is 6.06. The van der Waals surface area contributed by atoms with Gasteiger partial charge in [-0.2, -0.15) is 0 Å². The highest BCUT2D eigenvalue weighted by Gasteiger charge is 2.15. The summed E-state index contributed by atoms with van der Waals surface area (Å²) < 4.78 is 5.68. The Morgan fingerprint density at radius 2 is 1.71 bits per heavy atom. The van der Waals surface area contributed by atoms with Gasteiger partial charge in [-0.25, -0.2) is 4.79 Å². The molecule has 0 aliphatic heterocycles. The lowest BCUT2D eigenvalue weighted by molar-refractivity contribution is 0.562. The van der Waals surface area contributed by atoms with Gasteiger partial charge >= 0.3 is 5.63 Å². The maximum atomic E-state index is 12.6. The minimum Gasteiger partial charge on any atom is -0.422 e. The van der Waals surface area contributed by atoms with Gasteiger partial charge in [0.2, 0.25) is 0 Å². The summed E-state index contributed by atoms with van der Waals surface area (Å²) in [6, 6.07) is 14.1. The molecule has 0 spiro atoms. The van der Waals surface area contributed by atoms with Crippen LogP contribution in [0.25, 0.3) is 22.1 Å². The van der Waals surface area contributed by atoms with Crippen LogP contribution in [-0.2, 0) is 0 Å². The molecule has 3 aromatic rings. The third kappa shape index (κ3) is 2.71. The molecule has 0 unspecified atom stereocenters. The molecule has 2 aromatic carbocycles. The predicted molar refractivity (Wildman–Crippen MR) is 101 cm³/mol. The maximum absolute atomic E-state index is 12.6. The summed E-state index contributed by atoms with van der Waals surface area (Å²) in [5.74, 6) is 0. The summed E-state index contributed by atoms with van der Waals surface area (Å²) >= 11 is 0. The zero-order valence-electron chi connectivity index (χ0n) is 14.7. The smallest absolute Gasteiger partial charge is 0.344 e. The van der Waals surface area contributed by atoms with Gasteiger partial charge in [0.05, 0.1) is 5.56 Å². The molecule has 0 atom stereocenters. The van der Waals surface area contributed by atoms with Crippen molar-refractivity contribution in [1.82, 2.24) is 0 Å². The monoisotopic (exact) mass is 321 g/mol. The van der Waals surface area contributed by atoms with Crippen molar-refractivity contribution in [3.63, 3.8) is 0 Å². The number of fused-ring (bicyclic) bond motifs is 1. The number of benzene rings is 2. The Morgan fingerprint density at radius 3 is 2.38 bits per heavy atom. The fraction of sp³-hybridized carbons (Fsp3) is 0.286. The van der Waals surface area contributed by atoms with E-state index in [9.17, 15) is 4.79 Å². The first-order valence-electron chi connectivity index (χ1n) is 8.45. The van der Waals surface area contributed by atoms with Gasteiger partial charge in [-0.3, -0.25) is 0 Å². The van der Waals surface area contributed by atoms with Crippen molar-refractivity contribution in [3.05, 3.63) is 64.0 Å². The van der Waals surface area contributed by atoms with Gasteiger partial charge in [-0.15, -0.1) is 0 Å². The number of aryl methyl sites for hydroxylation is 2. The van der Waals surface area contributed by atoms with Crippen LogP contribution in [0.2, 0.25) is 0 Å². The Bertz CT molecular complexity index is 936. The summed E-state index contributed by atoms with van der Waals surface area (Å²) in [7, 11) is 0. The lowest BCUT2D eigenvalue weighted by atomic mass is 9.96. The molecular weight excluding hydrogens is 298 g/mol. The van der Waals surface area contributed by atoms with Gasteiger partial charge < -0.3 is 9.32 Å². The van der Waals surface area contributed by atoms with Crippen molar-refractivity contribution >= 4 is 16.7 Å². The van der Waals surface area contributed by atoms with Crippen molar-refractivity contribution < 1.29 is 4.42 Å². The molecule has 0 aliphatic carbocycles. The first-order valence-corrected chi connectivity index (χ1v) is 8.45. The van der Waals surface area contributed by atoms with E-state index in [0.29, 0.717) is 11.1 Å². The molecular formula is C21H23NO2. The molecule has 3 heteroatoms. The molecule has 0 saturated heterocycles. The fourth-order valence-corrected chi connectivity index (χ4v) is 3.29. The van der Waals surface area contributed by atoms with Crippen LogP contribution < -0.4 is 10.5 Å². The zero-order chi connectivity index (χ0) is 17.3. The standard InChI is InChI=1S/C21H23NO2/c1-5-22(6-2)16-11-12-18-15(4)20(21(23)24-19(18)13-16)17-10-8-7-9-14(17)3/h7-13H,5-6H2,1-4H3. The summed E-state index contributed by atoms with van der Waals surface area (Å²) in [5.41, 5.74) is 5.12. The largest absolute Gasteiger partial charge is 0.422 e. The minimum atomic E-state index is -0.272. The Labute approximate surface area is 142 Å². The Morgan fingerprint density at radius 1 is 1.00 bits per heavy atom. The summed E-state index contributed by atoms with van der Waals surface area (Å²) in [6.45, 7) is 10.1. The average Bonchev–Trinajstić information content (AvgIpc) is 2.57. The molecule has 3 rings (SSSR count). The summed E-state index contributed by atoms with van der Waals surface area (Å²) in [5, 5.41) is 0.990. The third-order valence-electron chi connectivity index (χ3n) is 4.69. The van der Waals surface area contributed by atoms with Crippen LogP contribution in [0, 0.1) is 13.8 Å². The molecule has 124 valence electrons. The molecule has 1 aromatic heterocycles. The van der Waals surface area contributed by atoms with E-state index in [4.69, 9.17) is 4.42 Å². The molecule has 0 fully saturated rings. The van der Waals surface area contributed by atoms with E-state index in [1.54, 1.807) is 0 Å². The van der Waals surface area contributed by atoms with Crippen LogP contribution >= 0.6 is 0 Å². The molecule has 0 bridgehead atoms. The van der Waals surface area contributed by atoms with Gasteiger partial charge in [-0.05, 0) is 56.5 Å². The van der Waals surface area contributed by atoms with Crippen molar-refractivity contribution in [2.45, 2.75) is 27.7 Å². The van der Waals surface area contributed by atoms with E-state index in [1.165, 1.54) is 0 Å². The van der Waals surface area contributed by atoms with Gasteiger partial charge in [0.15, 0.2) is 0 Å². The Hall–Kier alpha value is -2.55. The normalized spacial score (nSPS) is 11.0. The molecule has 1 heterocycles. The second-order valence-corrected chi connectivity index (χ2v) is 6.06. The quantitative estimate of drug-likeness (QED) is 0.639. The topological polar surface area (TPSA) is 33.5 Å². The first kappa shape index (κ1) is 16.3. The lowest BCUT2D eigenvalue weighted by Crippen LogP contribution is -2.21. The molecule has 0 aliphatic rings. The van der Waals surface area contributed by atoms with Crippen LogP contribution in [0.1, 0.15) is 25.0 Å². The first-order chi connectivity index (χ1) is 11.6.